The van der Waals surface area contributed by atoms with Crippen molar-refractivity contribution in [2.75, 3.05) is 19.6 Å². The molecule has 0 spiro atoms. The molecule has 102 valence electrons. The van der Waals surface area contributed by atoms with Gasteiger partial charge in [0.2, 0.25) is 5.91 Å². The van der Waals surface area contributed by atoms with Crippen LogP contribution in [0.5, 0.6) is 0 Å². The molecule has 1 amide bonds. The molecule has 2 fully saturated rings. The zero-order valence-electron chi connectivity index (χ0n) is 11.3. The second-order valence-corrected chi connectivity index (χ2v) is 6.66. The van der Waals surface area contributed by atoms with Crippen LogP contribution in [0.3, 0.4) is 0 Å². The Kier molecular flexibility index (Phi) is 4.92. The summed E-state index contributed by atoms with van der Waals surface area (Å²) in [7, 11) is 0. The Balaban J connectivity index is 1.74. The van der Waals surface area contributed by atoms with Crippen molar-refractivity contribution in [3.8, 4) is 0 Å². The van der Waals surface area contributed by atoms with E-state index in [4.69, 9.17) is 0 Å². The lowest BCUT2D eigenvalue weighted by atomic mass is 10.2. The second-order valence-electron chi connectivity index (χ2n) is 5.23. The predicted octanol–water partition coefficient (Wildman–Crippen LogP) is 1.86. The Hall–Kier alpha value is -0.710. The van der Waals surface area contributed by atoms with Crippen LogP contribution in [0.2, 0.25) is 0 Å². The first-order valence-electron chi connectivity index (χ1n) is 6.90. The van der Waals surface area contributed by atoms with Crippen molar-refractivity contribution >= 4 is 22.8 Å². The summed E-state index contributed by atoms with van der Waals surface area (Å²) in [6.07, 6.45) is 4.05. The fraction of sp³-hybridized carbons (Fsp3) is 0.846. The number of carbonyl (C=O) groups excluding carboxylic acids is 1. The smallest absolute Gasteiger partial charge is 0.224 e. The molecule has 0 aliphatic carbocycles. The van der Waals surface area contributed by atoms with E-state index in [2.05, 4.69) is 24.2 Å². The standard InChI is InChI=1S/C13H23N3OS/c1-10-9-11(2)18-13(15-10)14-6-5-12(17)16-7-3-4-8-16/h10-11H,3-9H2,1-2H3,(H,14,15). The molecule has 0 radical (unpaired) electrons. The van der Waals surface area contributed by atoms with Crippen LogP contribution in [-0.2, 0) is 4.79 Å². The molecule has 0 aromatic carbocycles. The first-order chi connectivity index (χ1) is 8.65. The van der Waals surface area contributed by atoms with E-state index in [1.54, 1.807) is 11.8 Å². The number of carbonyl (C=O) groups is 1. The van der Waals surface area contributed by atoms with Gasteiger partial charge in [-0.3, -0.25) is 9.79 Å². The van der Waals surface area contributed by atoms with Crippen molar-refractivity contribution in [2.24, 2.45) is 4.99 Å². The minimum absolute atomic E-state index is 0.263. The maximum atomic E-state index is 11.8. The van der Waals surface area contributed by atoms with Crippen LogP contribution in [-0.4, -0.2) is 46.9 Å². The average Bonchev–Trinajstić information content (AvgIpc) is 2.80. The molecule has 0 aromatic heterocycles. The van der Waals surface area contributed by atoms with Gasteiger partial charge in [0.05, 0.1) is 6.54 Å². The molecule has 2 rings (SSSR count). The minimum atomic E-state index is 0.263. The highest BCUT2D eigenvalue weighted by Gasteiger charge is 2.20. The van der Waals surface area contributed by atoms with E-state index in [9.17, 15) is 4.79 Å². The number of aliphatic imine (C=N–C) groups is 1. The normalized spacial score (nSPS) is 30.6. The van der Waals surface area contributed by atoms with Gasteiger partial charge < -0.3 is 10.2 Å². The highest BCUT2D eigenvalue weighted by Crippen LogP contribution is 2.22. The molecule has 4 nitrogen and oxygen atoms in total. The van der Waals surface area contributed by atoms with Crippen LogP contribution in [0.1, 0.15) is 39.5 Å². The largest absolute Gasteiger partial charge is 0.362 e. The van der Waals surface area contributed by atoms with Gasteiger partial charge in [-0.1, -0.05) is 18.7 Å². The summed E-state index contributed by atoms with van der Waals surface area (Å²) in [6, 6.07) is 0.495. The summed E-state index contributed by atoms with van der Waals surface area (Å²) < 4.78 is 0. The first kappa shape index (κ1) is 13.7. The number of amidine groups is 1. The highest BCUT2D eigenvalue weighted by molar-refractivity contribution is 8.14. The van der Waals surface area contributed by atoms with Gasteiger partial charge in [0, 0.05) is 30.8 Å². The van der Waals surface area contributed by atoms with Gasteiger partial charge in [0.25, 0.3) is 0 Å². The summed E-state index contributed by atoms with van der Waals surface area (Å²) in [5, 5.41) is 5.01. The molecule has 0 saturated carbocycles. The molecular formula is C13H23N3OS. The van der Waals surface area contributed by atoms with Crippen molar-refractivity contribution in [2.45, 2.75) is 50.8 Å². The molecule has 0 bridgehead atoms. The molecule has 2 aliphatic rings. The molecule has 1 N–H and O–H groups in total. The minimum Gasteiger partial charge on any atom is -0.362 e. The molecular weight excluding hydrogens is 246 g/mol. The van der Waals surface area contributed by atoms with Crippen molar-refractivity contribution in [3.05, 3.63) is 0 Å². The Bertz CT molecular complexity index is 314. The molecule has 0 aromatic rings. The highest BCUT2D eigenvalue weighted by atomic mass is 32.2. The monoisotopic (exact) mass is 269 g/mol. The van der Waals surface area contributed by atoms with Crippen LogP contribution in [0, 0.1) is 0 Å². The maximum Gasteiger partial charge on any atom is 0.224 e. The summed E-state index contributed by atoms with van der Waals surface area (Å²) in [6.45, 7) is 6.91. The van der Waals surface area contributed by atoms with Crippen LogP contribution in [0.25, 0.3) is 0 Å². The fourth-order valence-electron chi connectivity index (χ4n) is 2.50. The number of likely N-dealkylation sites (tertiary alicyclic amines) is 1. The van der Waals surface area contributed by atoms with Crippen LogP contribution in [0.4, 0.5) is 0 Å². The van der Waals surface area contributed by atoms with E-state index < -0.39 is 0 Å². The summed E-state index contributed by atoms with van der Waals surface area (Å²) >= 11 is 1.79. The lowest BCUT2D eigenvalue weighted by Gasteiger charge is -2.26. The Labute approximate surface area is 114 Å². The zero-order valence-corrected chi connectivity index (χ0v) is 12.1. The number of rotatable bonds is 3. The second kappa shape index (κ2) is 6.45. The van der Waals surface area contributed by atoms with Gasteiger partial charge in [-0.15, -0.1) is 0 Å². The quantitative estimate of drug-likeness (QED) is 0.850. The van der Waals surface area contributed by atoms with Crippen LogP contribution < -0.4 is 5.32 Å². The van der Waals surface area contributed by atoms with Gasteiger partial charge in [-0.2, -0.15) is 0 Å². The molecule has 2 saturated heterocycles. The third-order valence-electron chi connectivity index (χ3n) is 3.41. The van der Waals surface area contributed by atoms with Crippen LogP contribution in [0.15, 0.2) is 4.99 Å². The summed E-state index contributed by atoms with van der Waals surface area (Å²) in [5.74, 6) is 0.263. The fourth-order valence-corrected chi connectivity index (χ4v) is 3.70. The van der Waals surface area contributed by atoms with Crippen molar-refractivity contribution in [1.82, 2.24) is 10.2 Å². The van der Waals surface area contributed by atoms with Gasteiger partial charge in [-0.25, -0.2) is 0 Å². The average molecular weight is 269 g/mol. The Morgan fingerprint density at radius 3 is 2.83 bits per heavy atom. The number of nitrogens with one attached hydrogen (secondary N) is 1. The van der Waals surface area contributed by atoms with E-state index in [0.717, 1.165) is 31.1 Å². The first-order valence-corrected chi connectivity index (χ1v) is 7.78. The molecule has 18 heavy (non-hydrogen) atoms. The van der Waals surface area contributed by atoms with Gasteiger partial charge in [0.15, 0.2) is 5.17 Å². The number of nitrogens with zero attached hydrogens (tertiary/aromatic N) is 2. The van der Waals surface area contributed by atoms with Crippen molar-refractivity contribution in [3.63, 3.8) is 0 Å². The van der Waals surface area contributed by atoms with Gasteiger partial charge in [-0.05, 0) is 26.2 Å². The van der Waals surface area contributed by atoms with E-state index in [0.29, 0.717) is 24.3 Å². The molecule has 5 heteroatoms. The topological polar surface area (TPSA) is 44.7 Å². The molecule has 2 aliphatic heterocycles. The third-order valence-corrected chi connectivity index (χ3v) is 4.47. The van der Waals surface area contributed by atoms with E-state index >= 15 is 0 Å². The maximum absolute atomic E-state index is 11.8. The molecule has 2 heterocycles. The van der Waals surface area contributed by atoms with Crippen LogP contribution >= 0.6 is 11.8 Å². The van der Waals surface area contributed by atoms with E-state index in [1.165, 1.54) is 6.42 Å². The molecule has 2 unspecified atom stereocenters. The molecule has 2 atom stereocenters. The van der Waals surface area contributed by atoms with Crippen molar-refractivity contribution < 1.29 is 4.79 Å². The number of amides is 1. The third kappa shape index (κ3) is 3.90. The SMILES string of the molecule is CC1CC(C)SC(=NCCC(=O)N2CCCC2)N1. The predicted molar refractivity (Wildman–Crippen MR) is 77.0 cm³/mol. The lowest BCUT2D eigenvalue weighted by molar-refractivity contribution is -0.129. The number of thioether (sulfide) groups is 1. The van der Waals surface area contributed by atoms with E-state index in [1.807, 2.05) is 4.90 Å². The number of hydrogen-bond donors (Lipinski definition) is 1. The van der Waals surface area contributed by atoms with E-state index in [-0.39, 0.29) is 5.91 Å². The zero-order chi connectivity index (χ0) is 13.0. The Morgan fingerprint density at radius 1 is 1.44 bits per heavy atom. The Morgan fingerprint density at radius 2 is 2.17 bits per heavy atom. The lowest BCUT2D eigenvalue weighted by Crippen LogP contribution is -2.38. The van der Waals surface area contributed by atoms with Gasteiger partial charge >= 0.3 is 0 Å². The van der Waals surface area contributed by atoms with Gasteiger partial charge in [0.1, 0.15) is 0 Å². The number of hydrogen-bond acceptors (Lipinski definition) is 3. The van der Waals surface area contributed by atoms with Crippen molar-refractivity contribution in [1.29, 1.82) is 0 Å². The summed E-state index contributed by atoms with van der Waals surface area (Å²) in [4.78, 5) is 18.3. The summed E-state index contributed by atoms with van der Waals surface area (Å²) in [5.41, 5.74) is 0.